The van der Waals surface area contributed by atoms with Gasteiger partial charge in [0.15, 0.2) is 14.7 Å². The Morgan fingerprint density at radius 3 is 1.47 bits per heavy atom. The van der Waals surface area contributed by atoms with Gasteiger partial charge >= 0.3 is 12.3 Å². The quantitative estimate of drug-likeness (QED) is 0.0941. The number of anilines is 1. The fraction of sp³-hybridized carbons (Fsp3) is 0.475. The number of fused-ring (bicyclic) bond motifs is 2. The molecular formula is C40H51NO10S2. The average molecular weight is 770 g/mol. The molecule has 2 unspecified atom stereocenters. The molecule has 0 spiro atoms. The second kappa shape index (κ2) is 15.7. The summed E-state index contributed by atoms with van der Waals surface area (Å²) in [5.74, 6) is 0.517. The Morgan fingerprint density at radius 1 is 0.774 bits per heavy atom. The van der Waals surface area contributed by atoms with Crippen LogP contribution in [-0.4, -0.2) is 62.1 Å². The van der Waals surface area contributed by atoms with E-state index in [1.807, 2.05) is 57.1 Å². The number of benzene rings is 3. The summed E-state index contributed by atoms with van der Waals surface area (Å²) in [6, 6.07) is 23.2. The average Bonchev–Trinajstić information content (AvgIpc) is 3.35. The van der Waals surface area contributed by atoms with E-state index in [0.29, 0.717) is 24.3 Å². The van der Waals surface area contributed by atoms with Crippen LogP contribution in [0.2, 0.25) is 0 Å². The van der Waals surface area contributed by atoms with Crippen molar-refractivity contribution in [2.24, 2.45) is 16.7 Å². The Labute approximate surface area is 316 Å². The van der Waals surface area contributed by atoms with E-state index in [1.54, 1.807) is 65.8 Å². The Bertz CT molecular complexity index is 1800. The Kier molecular flexibility index (Phi) is 12.4. The zero-order chi connectivity index (χ0) is 39.6. The standard InChI is InChI=1S/C30H36NO6S.C10H16O4S/c1-29(2,3)36-27(32)34-22-11-17-25(18-12-22)38(24-15-9-21(10-16-24)31(7)8)26-19-13-23(14-20-26)35-28(33)37-30(4,5)6;1-9(2)7-3-4-10(9,8(11)5-7)6-15(12,13)14/h9-20H,1-8H3;7H,3-6H2,1-2H3,(H,12,13,14)/q+1;/p-1. The first-order valence-corrected chi connectivity index (χ1v) is 20.2. The van der Waals surface area contributed by atoms with Gasteiger partial charge in [-0.1, -0.05) is 13.8 Å². The van der Waals surface area contributed by atoms with Gasteiger partial charge in [0.1, 0.15) is 28.5 Å². The number of Topliss-reactive ketones (excluding diaryl/α,β-unsaturated/α-hetero) is 1. The van der Waals surface area contributed by atoms with Crippen molar-refractivity contribution in [2.75, 3.05) is 24.7 Å². The number of carbonyl (C=O) groups excluding carboxylic acids is 3. The summed E-state index contributed by atoms with van der Waals surface area (Å²) in [7, 11) is -0.795. The van der Waals surface area contributed by atoms with Crippen molar-refractivity contribution >= 4 is 44.8 Å². The molecule has 2 saturated carbocycles. The van der Waals surface area contributed by atoms with Crippen LogP contribution < -0.4 is 14.4 Å². The van der Waals surface area contributed by atoms with Crippen molar-refractivity contribution < 1.29 is 46.3 Å². The lowest BCUT2D eigenvalue weighted by Gasteiger charge is -2.37. The molecule has 0 heterocycles. The predicted molar refractivity (Wildman–Crippen MR) is 203 cm³/mol. The molecule has 11 nitrogen and oxygen atoms in total. The van der Waals surface area contributed by atoms with Crippen LogP contribution in [0.15, 0.2) is 87.5 Å². The van der Waals surface area contributed by atoms with Gasteiger partial charge in [-0.05, 0) is 139 Å². The van der Waals surface area contributed by atoms with Crippen molar-refractivity contribution in [3.63, 3.8) is 0 Å². The summed E-state index contributed by atoms with van der Waals surface area (Å²) in [4.78, 5) is 41.2. The SMILES string of the molecule is CC1(C)C2CCC1(CS(=O)(=O)[O-])C(=O)C2.CN(C)c1ccc([S+](c2ccc(OC(=O)OC(C)(C)C)cc2)c2ccc(OC(=O)OC(C)(C)C)cc2)cc1. The van der Waals surface area contributed by atoms with Crippen LogP contribution >= 0.6 is 0 Å². The lowest BCUT2D eigenvalue weighted by molar-refractivity contribution is -0.128. The Balaban J connectivity index is 0.000000346. The fourth-order valence-corrected chi connectivity index (χ4v) is 10.0. The fourth-order valence-electron chi connectivity index (χ4n) is 6.72. The first-order chi connectivity index (χ1) is 24.4. The van der Waals surface area contributed by atoms with E-state index >= 15 is 0 Å². The van der Waals surface area contributed by atoms with Gasteiger partial charge in [-0.25, -0.2) is 18.0 Å². The molecule has 2 aliphatic rings. The molecule has 2 fully saturated rings. The van der Waals surface area contributed by atoms with Crippen LogP contribution in [0.5, 0.6) is 11.5 Å². The summed E-state index contributed by atoms with van der Waals surface area (Å²) in [6.07, 6.45) is 0.384. The minimum atomic E-state index is -4.33. The highest BCUT2D eigenvalue weighted by molar-refractivity contribution is 7.97. The molecule has 2 bridgehead atoms. The molecule has 2 atom stereocenters. The Morgan fingerprint density at radius 2 is 1.17 bits per heavy atom. The summed E-state index contributed by atoms with van der Waals surface area (Å²) in [6.45, 7) is 14.6. The van der Waals surface area contributed by atoms with Gasteiger partial charge < -0.3 is 28.4 Å². The maximum absolute atomic E-state index is 12.1. The minimum Gasteiger partial charge on any atom is -0.748 e. The lowest BCUT2D eigenvalue weighted by atomic mass is 9.70. The largest absolute Gasteiger partial charge is 0.748 e. The molecular weight excluding hydrogens is 719 g/mol. The number of rotatable bonds is 8. The van der Waals surface area contributed by atoms with E-state index in [1.165, 1.54) is 0 Å². The minimum absolute atomic E-state index is 0.0248. The topological polar surface area (TPSA) is 149 Å². The summed E-state index contributed by atoms with van der Waals surface area (Å²) in [5.41, 5.74) is -1.40. The summed E-state index contributed by atoms with van der Waals surface area (Å²) in [5, 5.41) is 0. The second-order valence-electron chi connectivity index (χ2n) is 16.1. The molecule has 2 aliphatic carbocycles. The van der Waals surface area contributed by atoms with E-state index in [9.17, 15) is 27.4 Å². The lowest BCUT2D eigenvalue weighted by Crippen LogP contribution is -2.42. The van der Waals surface area contributed by atoms with E-state index in [4.69, 9.17) is 18.9 Å². The molecule has 3 aromatic carbocycles. The first-order valence-electron chi connectivity index (χ1n) is 17.4. The van der Waals surface area contributed by atoms with E-state index in [-0.39, 0.29) is 17.1 Å². The second-order valence-corrected chi connectivity index (χ2v) is 19.6. The zero-order valence-corrected chi connectivity index (χ0v) is 33.8. The maximum atomic E-state index is 12.1. The van der Waals surface area contributed by atoms with E-state index in [2.05, 4.69) is 24.3 Å². The normalized spacial score (nSPS) is 19.2. The molecule has 3 aromatic rings. The molecule has 0 aliphatic heterocycles. The summed E-state index contributed by atoms with van der Waals surface area (Å²) >= 11 is 0. The van der Waals surface area contributed by atoms with Crippen molar-refractivity contribution in [3.8, 4) is 11.5 Å². The highest BCUT2D eigenvalue weighted by atomic mass is 32.2. The number of ether oxygens (including phenoxy) is 4. The number of nitrogens with zero attached hydrogens (tertiary/aromatic N) is 1. The number of carbonyl (C=O) groups is 3. The molecule has 0 aromatic heterocycles. The third-order valence-corrected chi connectivity index (χ3v) is 12.5. The van der Waals surface area contributed by atoms with Crippen molar-refractivity contribution in [3.05, 3.63) is 72.8 Å². The highest BCUT2D eigenvalue weighted by Crippen LogP contribution is 2.64. The van der Waals surface area contributed by atoms with Crippen LogP contribution in [0.25, 0.3) is 0 Å². The monoisotopic (exact) mass is 769 g/mol. The zero-order valence-electron chi connectivity index (χ0n) is 32.2. The molecule has 53 heavy (non-hydrogen) atoms. The van der Waals surface area contributed by atoms with Crippen LogP contribution in [0.4, 0.5) is 15.3 Å². The molecule has 0 amide bonds. The van der Waals surface area contributed by atoms with Gasteiger partial charge in [-0.2, -0.15) is 0 Å². The van der Waals surface area contributed by atoms with Gasteiger partial charge in [-0.15, -0.1) is 0 Å². The van der Waals surface area contributed by atoms with Gasteiger partial charge in [0.05, 0.1) is 26.8 Å². The molecule has 13 heteroatoms. The molecule has 0 saturated heterocycles. The Hall–Kier alpha value is -4.07. The van der Waals surface area contributed by atoms with Crippen molar-refractivity contribution in [1.29, 1.82) is 0 Å². The van der Waals surface area contributed by atoms with Crippen LogP contribution in [0.3, 0.4) is 0 Å². The van der Waals surface area contributed by atoms with Crippen molar-refractivity contribution in [2.45, 2.75) is 101 Å². The van der Waals surface area contributed by atoms with Gasteiger partial charge in [-0.3, -0.25) is 4.79 Å². The first kappa shape index (κ1) is 41.7. The molecule has 0 radical (unpaired) electrons. The molecule has 5 rings (SSSR count). The van der Waals surface area contributed by atoms with Crippen LogP contribution in [0, 0.1) is 16.7 Å². The smallest absolute Gasteiger partial charge is 0.514 e. The highest BCUT2D eigenvalue weighted by Gasteiger charge is 2.64. The van der Waals surface area contributed by atoms with Crippen molar-refractivity contribution in [1.82, 2.24) is 0 Å². The summed E-state index contributed by atoms with van der Waals surface area (Å²) < 4.78 is 53.9. The number of ketones is 1. The van der Waals surface area contributed by atoms with E-state index < -0.39 is 55.7 Å². The van der Waals surface area contributed by atoms with Crippen LogP contribution in [0.1, 0.15) is 74.7 Å². The number of hydrogen-bond acceptors (Lipinski definition) is 11. The third-order valence-electron chi connectivity index (χ3n) is 9.45. The van der Waals surface area contributed by atoms with E-state index in [0.717, 1.165) is 26.8 Å². The number of hydrogen-bond donors (Lipinski definition) is 0. The maximum Gasteiger partial charge on any atom is 0.514 e. The van der Waals surface area contributed by atoms with Crippen LogP contribution in [-0.2, 0) is 35.3 Å². The molecule has 288 valence electrons. The molecule has 0 N–H and O–H groups in total. The predicted octanol–water partition coefficient (Wildman–Crippen LogP) is 8.40. The van der Waals surface area contributed by atoms with Gasteiger partial charge in [0.25, 0.3) is 0 Å². The van der Waals surface area contributed by atoms with Gasteiger partial charge in [0, 0.05) is 31.6 Å². The van der Waals surface area contributed by atoms with Gasteiger partial charge in [0.2, 0.25) is 0 Å². The third kappa shape index (κ3) is 10.8.